The number of anilines is 1. The van der Waals surface area contributed by atoms with Gasteiger partial charge in [-0.15, -0.1) is 0 Å². The summed E-state index contributed by atoms with van der Waals surface area (Å²) in [6.07, 6.45) is 2.52. The molecule has 1 aromatic carbocycles. The number of amides is 3. The number of rotatable bonds is 5. The van der Waals surface area contributed by atoms with E-state index in [-0.39, 0.29) is 30.3 Å². The van der Waals surface area contributed by atoms with E-state index < -0.39 is 41.1 Å². The highest BCUT2D eigenvalue weighted by Crippen LogP contribution is 2.42. The number of carbonyl (C=O) groups excluding carboxylic acids is 3. The van der Waals surface area contributed by atoms with Crippen LogP contribution in [0.1, 0.15) is 25.7 Å². The number of likely N-dealkylation sites (N-methyl/N-ethyl adjacent to an activating group) is 1. The SMILES string of the molecule is CN[C@@H](CC1CC1)C(=O)N1C[C@@]2(C[C@H]1C(N)=O)Oc1cc(F)cc(F)c1NC2=O. The molecule has 29 heavy (non-hydrogen) atoms. The molecule has 0 bridgehead atoms. The van der Waals surface area contributed by atoms with Crippen molar-refractivity contribution in [3.05, 3.63) is 23.8 Å². The molecule has 2 heterocycles. The minimum atomic E-state index is -1.65. The van der Waals surface area contributed by atoms with E-state index in [1.165, 1.54) is 4.90 Å². The van der Waals surface area contributed by atoms with Crippen molar-refractivity contribution in [3.63, 3.8) is 0 Å². The predicted molar refractivity (Wildman–Crippen MR) is 97.8 cm³/mol. The van der Waals surface area contributed by atoms with Gasteiger partial charge in [0.1, 0.15) is 17.5 Å². The Morgan fingerprint density at radius 1 is 1.41 bits per heavy atom. The largest absolute Gasteiger partial charge is 0.473 e. The number of ether oxygens (including phenoxy) is 1. The summed E-state index contributed by atoms with van der Waals surface area (Å²) in [5.74, 6) is -3.42. The Hall–Kier alpha value is -2.75. The highest BCUT2D eigenvalue weighted by atomic mass is 19.1. The number of fused-ring (bicyclic) bond motifs is 1. The molecule has 3 atom stereocenters. The number of nitrogens with zero attached hydrogens (tertiary/aromatic N) is 1. The second-order valence-electron chi connectivity index (χ2n) is 7.92. The van der Waals surface area contributed by atoms with E-state index in [9.17, 15) is 23.2 Å². The zero-order valence-corrected chi connectivity index (χ0v) is 15.8. The fraction of sp³-hybridized carbons (Fsp3) is 0.526. The first kappa shape index (κ1) is 19.6. The molecule has 4 rings (SSSR count). The van der Waals surface area contributed by atoms with Gasteiger partial charge >= 0.3 is 0 Å². The van der Waals surface area contributed by atoms with Crippen molar-refractivity contribution in [2.45, 2.75) is 43.4 Å². The third-order valence-corrected chi connectivity index (χ3v) is 5.83. The van der Waals surface area contributed by atoms with Crippen LogP contribution in [0.15, 0.2) is 12.1 Å². The highest BCUT2D eigenvalue weighted by molar-refractivity contribution is 6.03. The van der Waals surface area contributed by atoms with Gasteiger partial charge in [-0.05, 0) is 19.4 Å². The summed E-state index contributed by atoms with van der Waals surface area (Å²) >= 11 is 0. The van der Waals surface area contributed by atoms with Gasteiger partial charge in [0.25, 0.3) is 5.91 Å². The summed E-state index contributed by atoms with van der Waals surface area (Å²) in [6.45, 7) is -0.244. The Kier molecular flexibility index (Phi) is 4.68. The Labute approximate surface area is 165 Å². The quantitative estimate of drug-likeness (QED) is 0.657. The molecule has 1 saturated heterocycles. The molecule has 1 saturated carbocycles. The fourth-order valence-corrected chi connectivity index (χ4v) is 4.06. The lowest BCUT2D eigenvalue weighted by molar-refractivity contribution is -0.140. The van der Waals surface area contributed by atoms with Gasteiger partial charge in [-0.3, -0.25) is 14.4 Å². The van der Waals surface area contributed by atoms with E-state index in [0.29, 0.717) is 18.4 Å². The lowest BCUT2D eigenvalue weighted by Crippen LogP contribution is -2.55. The number of primary amides is 1. The average Bonchev–Trinajstić information content (AvgIpc) is 3.40. The van der Waals surface area contributed by atoms with Gasteiger partial charge in [0, 0.05) is 18.6 Å². The zero-order valence-electron chi connectivity index (χ0n) is 15.8. The Bertz CT molecular complexity index is 891. The van der Waals surface area contributed by atoms with Crippen molar-refractivity contribution in [2.24, 2.45) is 11.7 Å². The first-order valence-corrected chi connectivity index (χ1v) is 9.50. The van der Waals surface area contributed by atoms with Gasteiger partial charge in [0.15, 0.2) is 11.6 Å². The number of hydrogen-bond acceptors (Lipinski definition) is 5. The van der Waals surface area contributed by atoms with Crippen LogP contribution < -0.4 is 21.1 Å². The lowest BCUT2D eigenvalue weighted by atomic mass is 9.96. The van der Waals surface area contributed by atoms with Crippen LogP contribution in [0.2, 0.25) is 0 Å². The van der Waals surface area contributed by atoms with E-state index in [0.717, 1.165) is 18.9 Å². The first-order valence-electron chi connectivity index (χ1n) is 9.50. The molecule has 0 unspecified atom stereocenters. The van der Waals surface area contributed by atoms with Crippen molar-refractivity contribution >= 4 is 23.4 Å². The van der Waals surface area contributed by atoms with Gasteiger partial charge in [-0.1, -0.05) is 12.8 Å². The summed E-state index contributed by atoms with van der Waals surface area (Å²) in [4.78, 5) is 39.2. The smallest absolute Gasteiger partial charge is 0.270 e. The van der Waals surface area contributed by atoms with E-state index >= 15 is 0 Å². The lowest BCUT2D eigenvalue weighted by Gasteiger charge is -2.34. The minimum absolute atomic E-state index is 0.192. The molecule has 3 aliphatic rings. The van der Waals surface area contributed by atoms with Crippen molar-refractivity contribution in [2.75, 3.05) is 18.9 Å². The summed E-state index contributed by atoms with van der Waals surface area (Å²) < 4.78 is 33.3. The summed E-state index contributed by atoms with van der Waals surface area (Å²) in [6, 6.07) is -0.00375. The van der Waals surface area contributed by atoms with Crippen LogP contribution in [0.25, 0.3) is 0 Å². The Balaban J connectivity index is 1.64. The maximum atomic E-state index is 14.0. The van der Waals surface area contributed by atoms with Crippen LogP contribution in [0.4, 0.5) is 14.5 Å². The molecule has 2 aliphatic heterocycles. The second kappa shape index (κ2) is 6.94. The summed E-state index contributed by atoms with van der Waals surface area (Å²) in [5.41, 5.74) is 3.57. The van der Waals surface area contributed by atoms with Gasteiger partial charge in [-0.25, -0.2) is 8.78 Å². The number of likely N-dealkylation sites (tertiary alicyclic amines) is 1. The van der Waals surface area contributed by atoms with E-state index in [1.54, 1.807) is 7.05 Å². The first-order chi connectivity index (χ1) is 13.7. The predicted octanol–water partition coefficient (Wildman–Crippen LogP) is 0.509. The number of hydrogen-bond donors (Lipinski definition) is 3. The molecular weight excluding hydrogens is 386 g/mol. The van der Waals surface area contributed by atoms with Gasteiger partial charge in [-0.2, -0.15) is 0 Å². The van der Waals surface area contributed by atoms with Crippen molar-refractivity contribution in [3.8, 4) is 5.75 Å². The van der Waals surface area contributed by atoms with Crippen LogP contribution in [0, 0.1) is 17.6 Å². The maximum absolute atomic E-state index is 14.0. The molecule has 2 fully saturated rings. The average molecular weight is 408 g/mol. The fourth-order valence-electron chi connectivity index (χ4n) is 4.06. The van der Waals surface area contributed by atoms with Gasteiger partial charge in [0.2, 0.25) is 17.4 Å². The molecule has 3 amide bonds. The van der Waals surface area contributed by atoms with E-state index in [1.807, 2.05) is 0 Å². The number of nitrogens with two attached hydrogens (primary N) is 1. The summed E-state index contributed by atoms with van der Waals surface area (Å²) in [5, 5.41) is 5.34. The van der Waals surface area contributed by atoms with Crippen molar-refractivity contribution < 1.29 is 27.9 Å². The van der Waals surface area contributed by atoms with Crippen LogP contribution >= 0.6 is 0 Å². The molecule has 10 heteroatoms. The minimum Gasteiger partial charge on any atom is -0.473 e. The Morgan fingerprint density at radius 2 is 2.14 bits per heavy atom. The number of benzene rings is 1. The third kappa shape index (κ3) is 3.41. The third-order valence-electron chi connectivity index (χ3n) is 5.83. The topological polar surface area (TPSA) is 114 Å². The molecule has 1 spiro atoms. The molecule has 1 aliphatic carbocycles. The molecule has 8 nitrogen and oxygen atoms in total. The van der Waals surface area contributed by atoms with Crippen molar-refractivity contribution in [1.29, 1.82) is 0 Å². The molecular formula is C19H22F2N4O4. The number of carbonyl (C=O) groups is 3. The maximum Gasteiger partial charge on any atom is 0.270 e. The monoisotopic (exact) mass is 408 g/mol. The number of halogens is 2. The van der Waals surface area contributed by atoms with Gasteiger partial charge in [0.05, 0.1) is 12.6 Å². The van der Waals surface area contributed by atoms with E-state index in [2.05, 4.69) is 10.6 Å². The summed E-state index contributed by atoms with van der Waals surface area (Å²) in [7, 11) is 1.65. The van der Waals surface area contributed by atoms with Crippen LogP contribution in [-0.4, -0.2) is 53.9 Å². The van der Waals surface area contributed by atoms with Crippen LogP contribution in [-0.2, 0) is 14.4 Å². The molecule has 0 radical (unpaired) electrons. The normalized spacial score (nSPS) is 26.7. The standard InChI is InChI=1S/C19H22F2N4O4/c1-23-12(4-9-2-3-9)17(27)25-8-19(7-13(25)16(22)26)18(28)24-15-11(21)5-10(20)6-14(15)29-19/h5-6,9,12-13,23H,2-4,7-8H2,1H3,(H2,22,26)(H,24,28)/t12-,13-,19+/m0/s1. The van der Waals surface area contributed by atoms with Gasteiger partial charge < -0.3 is 26.0 Å². The molecule has 156 valence electrons. The van der Waals surface area contributed by atoms with Crippen LogP contribution in [0.5, 0.6) is 5.75 Å². The second-order valence-corrected chi connectivity index (χ2v) is 7.92. The number of nitrogens with one attached hydrogen (secondary N) is 2. The molecule has 1 aromatic rings. The van der Waals surface area contributed by atoms with Crippen molar-refractivity contribution in [1.82, 2.24) is 10.2 Å². The van der Waals surface area contributed by atoms with Crippen LogP contribution in [0.3, 0.4) is 0 Å². The zero-order chi connectivity index (χ0) is 20.9. The van der Waals surface area contributed by atoms with E-state index in [4.69, 9.17) is 10.5 Å². The highest BCUT2D eigenvalue weighted by Gasteiger charge is 2.57. The molecule has 4 N–H and O–H groups in total. The Morgan fingerprint density at radius 3 is 2.76 bits per heavy atom. The molecule has 0 aromatic heterocycles.